The summed E-state index contributed by atoms with van der Waals surface area (Å²) in [4.78, 5) is 7.13. The average Bonchev–Trinajstić information content (AvgIpc) is 3.64. The number of rotatable bonds is 15. The largest absolute Gasteiger partial charge is 0.310 e. The summed E-state index contributed by atoms with van der Waals surface area (Å²) in [7, 11) is -2.87. The summed E-state index contributed by atoms with van der Waals surface area (Å²) in [5.74, 6) is 0.774. The Bertz CT molecular complexity index is 3410. The zero-order valence-electron chi connectivity index (χ0n) is 47.0. The Morgan fingerprint density at radius 3 is 1.09 bits per heavy atom. The van der Waals surface area contributed by atoms with Crippen molar-refractivity contribution in [1.82, 2.24) is 0 Å². The SMILES string of the molecule is Cc1ccc(N(c2ccc(C)cc2)c2cc(N(c3ccc(C(C)C)cc3)c3ccc(C(C)C)cc3)cc(N(c3ccc(C(C)(C)C)cc3)c3ccc([Si](c4ccccc4)(c4ccccc4)c4ccccc4)cc3C)c2Cl)cc1. The van der Waals surface area contributed by atoms with Gasteiger partial charge in [-0.3, -0.25) is 0 Å². The van der Waals surface area contributed by atoms with E-state index in [-0.39, 0.29) is 5.41 Å². The molecular formula is C73H72ClN3Si. The normalized spacial score (nSPS) is 11.8. The fourth-order valence-electron chi connectivity index (χ4n) is 11.0. The minimum atomic E-state index is -2.87. The molecule has 0 spiro atoms. The van der Waals surface area contributed by atoms with Crippen LogP contribution in [-0.2, 0) is 5.41 Å². The first-order valence-electron chi connectivity index (χ1n) is 27.6. The second-order valence-corrected chi connectivity index (χ2v) is 26.8. The summed E-state index contributed by atoms with van der Waals surface area (Å²) >= 11 is 8.35. The maximum Gasteiger partial charge on any atom is 0.179 e. The van der Waals surface area contributed by atoms with Crippen LogP contribution >= 0.6 is 11.6 Å². The summed E-state index contributed by atoms with van der Waals surface area (Å²) in [5, 5.41) is 5.93. The molecule has 0 aromatic heterocycles. The average molecular weight is 1050 g/mol. The predicted octanol–water partition coefficient (Wildman–Crippen LogP) is 18.6. The first-order chi connectivity index (χ1) is 37.6. The standard InChI is InChI=1S/C73H72ClN3Si/c1-51(2)56-30-40-59(41-31-56)75(60-42-32-57(33-43-60)52(3)4)64-49-70(76(61-36-26-53(5)27-37-61)62-38-28-54(6)29-39-62)72(74)71(50-64)77(63-44-34-58(35-45-63)73(8,9)10)69-47-46-68(48-55(69)7)78(65-20-14-11-15-21-65,66-22-16-12-17-23-66)67-24-18-13-19-25-67/h11-52H,1-10H3. The van der Waals surface area contributed by atoms with Crippen LogP contribution in [0.4, 0.5) is 51.2 Å². The Kier molecular flexibility index (Phi) is 15.5. The lowest BCUT2D eigenvalue weighted by atomic mass is 9.87. The molecule has 0 aliphatic heterocycles. The summed E-state index contributed by atoms with van der Waals surface area (Å²) in [6, 6.07) is 90.2. The number of anilines is 9. The molecular weight excluding hydrogens is 982 g/mol. The van der Waals surface area contributed by atoms with Gasteiger partial charge >= 0.3 is 0 Å². The van der Waals surface area contributed by atoms with Crippen LogP contribution in [0.2, 0.25) is 5.02 Å². The van der Waals surface area contributed by atoms with E-state index in [1.165, 1.54) is 48.6 Å². The molecule has 5 heteroatoms. The van der Waals surface area contributed by atoms with E-state index in [2.05, 4.69) is 327 Å². The third kappa shape index (κ3) is 10.7. The predicted molar refractivity (Wildman–Crippen MR) is 340 cm³/mol. The van der Waals surface area contributed by atoms with E-state index in [1.54, 1.807) is 0 Å². The topological polar surface area (TPSA) is 9.72 Å². The lowest BCUT2D eigenvalue weighted by molar-refractivity contribution is 0.590. The van der Waals surface area contributed by atoms with Crippen molar-refractivity contribution in [1.29, 1.82) is 0 Å². The Hall–Kier alpha value is -7.89. The van der Waals surface area contributed by atoms with Gasteiger partial charge in [0, 0.05) is 34.1 Å². The molecule has 0 unspecified atom stereocenters. The molecule has 0 aliphatic rings. The molecule has 10 aromatic rings. The Balaban J connectivity index is 1.29. The van der Waals surface area contributed by atoms with Crippen molar-refractivity contribution in [3.8, 4) is 0 Å². The van der Waals surface area contributed by atoms with Gasteiger partial charge in [0.2, 0.25) is 0 Å². The van der Waals surface area contributed by atoms with Gasteiger partial charge in [-0.05, 0) is 160 Å². The van der Waals surface area contributed by atoms with Crippen LogP contribution in [0.1, 0.15) is 93.7 Å². The van der Waals surface area contributed by atoms with E-state index in [0.717, 1.165) is 56.7 Å². The number of benzene rings is 10. The zero-order valence-corrected chi connectivity index (χ0v) is 48.7. The van der Waals surface area contributed by atoms with Crippen LogP contribution in [-0.4, -0.2) is 8.07 Å². The number of halogens is 1. The van der Waals surface area contributed by atoms with Crippen LogP contribution in [0.3, 0.4) is 0 Å². The zero-order chi connectivity index (χ0) is 54.7. The molecule has 0 bridgehead atoms. The fraction of sp³-hybridized carbons (Fsp3) is 0.178. The summed E-state index contributed by atoms with van der Waals surface area (Å²) in [5.41, 5.74) is 16.1. The molecule has 10 aromatic carbocycles. The van der Waals surface area contributed by atoms with Gasteiger partial charge < -0.3 is 14.7 Å². The Morgan fingerprint density at radius 2 is 0.705 bits per heavy atom. The Labute approximate surface area is 471 Å². The minimum Gasteiger partial charge on any atom is -0.310 e. The first-order valence-corrected chi connectivity index (χ1v) is 29.9. The number of nitrogens with zero attached hydrogens (tertiary/aromatic N) is 3. The molecule has 0 aliphatic carbocycles. The van der Waals surface area contributed by atoms with Crippen molar-refractivity contribution in [2.24, 2.45) is 0 Å². The van der Waals surface area contributed by atoms with Crippen molar-refractivity contribution in [3.05, 3.63) is 281 Å². The maximum absolute atomic E-state index is 8.35. The number of aryl methyl sites for hydroxylation is 3. The van der Waals surface area contributed by atoms with E-state index in [9.17, 15) is 0 Å². The molecule has 3 nitrogen and oxygen atoms in total. The molecule has 0 N–H and O–H groups in total. The van der Waals surface area contributed by atoms with E-state index in [1.807, 2.05) is 0 Å². The van der Waals surface area contributed by atoms with Crippen molar-refractivity contribution in [2.45, 2.75) is 86.5 Å². The summed E-state index contributed by atoms with van der Waals surface area (Å²) in [6.45, 7) is 22.4. The molecule has 0 amide bonds. The Morgan fingerprint density at radius 1 is 0.346 bits per heavy atom. The quantitative estimate of drug-likeness (QED) is 0.0748. The van der Waals surface area contributed by atoms with Crippen LogP contribution in [0.5, 0.6) is 0 Å². The van der Waals surface area contributed by atoms with Gasteiger partial charge in [0.15, 0.2) is 8.07 Å². The third-order valence-electron chi connectivity index (χ3n) is 15.5. The van der Waals surface area contributed by atoms with E-state index in [0.29, 0.717) is 16.9 Å². The second kappa shape index (κ2) is 22.6. The third-order valence-corrected chi connectivity index (χ3v) is 20.6. The van der Waals surface area contributed by atoms with Gasteiger partial charge in [0.25, 0.3) is 0 Å². The van der Waals surface area contributed by atoms with Crippen molar-refractivity contribution < 1.29 is 0 Å². The lowest BCUT2D eigenvalue weighted by Crippen LogP contribution is -2.74. The maximum atomic E-state index is 8.35. The van der Waals surface area contributed by atoms with Crippen molar-refractivity contribution in [3.63, 3.8) is 0 Å². The molecule has 10 rings (SSSR count). The highest BCUT2D eigenvalue weighted by atomic mass is 35.5. The molecule has 0 saturated carbocycles. The summed E-state index contributed by atoms with van der Waals surface area (Å²) in [6.07, 6.45) is 0. The monoisotopic (exact) mass is 1050 g/mol. The molecule has 0 heterocycles. The van der Waals surface area contributed by atoms with Crippen LogP contribution in [0.15, 0.2) is 243 Å². The van der Waals surface area contributed by atoms with Gasteiger partial charge in [-0.25, -0.2) is 0 Å². The summed E-state index contributed by atoms with van der Waals surface area (Å²) < 4.78 is 0. The molecule has 0 saturated heterocycles. The molecule has 0 fully saturated rings. The van der Waals surface area contributed by atoms with Crippen LogP contribution in [0.25, 0.3) is 0 Å². The molecule has 0 radical (unpaired) electrons. The smallest absolute Gasteiger partial charge is 0.179 e. The van der Waals surface area contributed by atoms with Gasteiger partial charge in [0.05, 0.1) is 22.1 Å². The van der Waals surface area contributed by atoms with Gasteiger partial charge in [-0.1, -0.05) is 235 Å². The van der Waals surface area contributed by atoms with Crippen molar-refractivity contribution >= 4 is 91.6 Å². The highest BCUT2D eigenvalue weighted by Gasteiger charge is 2.42. The highest BCUT2D eigenvalue weighted by Crippen LogP contribution is 2.51. The minimum absolute atomic E-state index is 0.0504. The number of hydrogen-bond donors (Lipinski definition) is 0. The molecule has 390 valence electrons. The first kappa shape index (κ1) is 53.5. The fourth-order valence-corrected chi connectivity index (χ4v) is 16.2. The van der Waals surface area contributed by atoms with Gasteiger partial charge in [-0.2, -0.15) is 0 Å². The van der Waals surface area contributed by atoms with E-state index >= 15 is 0 Å². The van der Waals surface area contributed by atoms with Crippen LogP contribution < -0.4 is 35.4 Å². The van der Waals surface area contributed by atoms with Gasteiger partial charge in [-0.15, -0.1) is 0 Å². The van der Waals surface area contributed by atoms with Crippen LogP contribution in [0, 0.1) is 20.8 Å². The van der Waals surface area contributed by atoms with E-state index < -0.39 is 8.07 Å². The molecule has 78 heavy (non-hydrogen) atoms. The lowest BCUT2D eigenvalue weighted by Gasteiger charge is -2.36. The second-order valence-electron chi connectivity index (χ2n) is 22.6. The number of hydrogen-bond acceptors (Lipinski definition) is 3. The molecule has 0 atom stereocenters. The highest BCUT2D eigenvalue weighted by molar-refractivity contribution is 7.19. The van der Waals surface area contributed by atoms with Crippen molar-refractivity contribution in [2.75, 3.05) is 14.7 Å². The van der Waals surface area contributed by atoms with Gasteiger partial charge in [0.1, 0.15) is 0 Å². The van der Waals surface area contributed by atoms with E-state index in [4.69, 9.17) is 11.6 Å².